The maximum Gasteiger partial charge on any atom is 0.416 e. The number of benzene rings is 3. The van der Waals surface area contributed by atoms with Crippen LogP contribution in [0.4, 0.5) is 28.9 Å². The second-order valence-corrected chi connectivity index (χ2v) is 8.37. The van der Waals surface area contributed by atoms with Gasteiger partial charge in [-0.2, -0.15) is 13.2 Å². The van der Waals surface area contributed by atoms with E-state index in [2.05, 4.69) is 10.3 Å². The highest BCUT2D eigenvalue weighted by Crippen LogP contribution is 2.33. The van der Waals surface area contributed by atoms with Crippen LogP contribution in [-0.2, 0) is 17.5 Å². The standard InChI is InChI=1S/C23H16F4N4O3S/c24-17-8-7-16(31(33)34)11-18(17)28-21(32)13-35-22-29-19-10-15(23(25,26)27)6-9-20(19)30(22)12-14-4-2-1-3-5-14/h1-11H,12-13H2,(H,28,32). The number of carbonyl (C=O) groups excluding carboxylic acids is 1. The molecule has 0 bridgehead atoms. The van der Waals surface area contributed by atoms with Crippen molar-refractivity contribution in [3.63, 3.8) is 0 Å². The molecule has 3 aromatic carbocycles. The average Bonchev–Trinajstić information content (AvgIpc) is 3.15. The first-order valence-corrected chi connectivity index (χ1v) is 11.1. The predicted molar refractivity (Wildman–Crippen MR) is 123 cm³/mol. The Kier molecular flexibility index (Phi) is 6.74. The zero-order valence-corrected chi connectivity index (χ0v) is 18.6. The molecule has 180 valence electrons. The van der Waals surface area contributed by atoms with E-state index in [0.29, 0.717) is 12.1 Å². The van der Waals surface area contributed by atoms with Crippen molar-refractivity contribution in [1.29, 1.82) is 0 Å². The zero-order valence-electron chi connectivity index (χ0n) is 17.8. The summed E-state index contributed by atoms with van der Waals surface area (Å²) in [5.41, 5.74) is -0.142. The quantitative estimate of drug-likeness (QED) is 0.147. The van der Waals surface area contributed by atoms with Gasteiger partial charge in [0, 0.05) is 12.1 Å². The number of fused-ring (bicyclic) bond motifs is 1. The number of nitrogens with one attached hydrogen (secondary N) is 1. The Labute approximate surface area is 199 Å². The molecule has 35 heavy (non-hydrogen) atoms. The van der Waals surface area contributed by atoms with Gasteiger partial charge >= 0.3 is 6.18 Å². The van der Waals surface area contributed by atoms with Crippen LogP contribution in [0.1, 0.15) is 11.1 Å². The minimum Gasteiger partial charge on any atom is -0.323 e. The summed E-state index contributed by atoms with van der Waals surface area (Å²) < 4.78 is 55.2. The lowest BCUT2D eigenvalue weighted by Crippen LogP contribution is -2.16. The molecule has 0 aliphatic heterocycles. The molecule has 7 nitrogen and oxygen atoms in total. The van der Waals surface area contributed by atoms with Gasteiger partial charge in [-0.25, -0.2) is 9.37 Å². The van der Waals surface area contributed by atoms with Crippen molar-refractivity contribution >= 4 is 40.1 Å². The fourth-order valence-electron chi connectivity index (χ4n) is 3.35. The Morgan fingerprint density at radius 2 is 1.83 bits per heavy atom. The lowest BCUT2D eigenvalue weighted by Gasteiger charge is -2.10. The zero-order chi connectivity index (χ0) is 25.2. The number of nitrogens with zero attached hydrogens (tertiary/aromatic N) is 3. The van der Waals surface area contributed by atoms with Crippen LogP contribution in [0, 0.1) is 15.9 Å². The summed E-state index contributed by atoms with van der Waals surface area (Å²) in [6.07, 6.45) is -4.53. The van der Waals surface area contributed by atoms with Gasteiger partial charge < -0.3 is 9.88 Å². The van der Waals surface area contributed by atoms with E-state index in [-0.39, 0.29) is 27.8 Å². The fourth-order valence-corrected chi connectivity index (χ4v) is 4.17. The minimum absolute atomic E-state index is 0.114. The van der Waals surface area contributed by atoms with E-state index in [0.717, 1.165) is 47.7 Å². The number of hydrogen-bond donors (Lipinski definition) is 1. The van der Waals surface area contributed by atoms with Gasteiger partial charge in [-0.15, -0.1) is 0 Å². The third kappa shape index (κ3) is 5.60. The van der Waals surface area contributed by atoms with E-state index in [9.17, 15) is 32.5 Å². The van der Waals surface area contributed by atoms with Crippen LogP contribution in [0.25, 0.3) is 11.0 Å². The Hall–Kier alpha value is -3.93. The van der Waals surface area contributed by atoms with Crippen molar-refractivity contribution in [3.05, 3.63) is 93.8 Å². The van der Waals surface area contributed by atoms with Gasteiger partial charge in [-0.3, -0.25) is 14.9 Å². The highest BCUT2D eigenvalue weighted by molar-refractivity contribution is 7.99. The Bertz CT molecular complexity index is 1410. The number of alkyl halides is 3. The average molecular weight is 504 g/mol. The van der Waals surface area contributed by atoms with Gasteiger partial charge in [0.05, 0.1) is 39.5 Å². The first-order chi connectivity index (χ1) is 16.6. The number of nitro groups is 1. The summed E-state index contributed by atoms with van der Waals surface area (Å²) in [6.45, 7) is 0.298. The minimum atomic E-state index is -4.53. The molecule has 0 aliphatic rings. The van der Waals surface area contributed by atoms with Crippen molar-refractivity contribution in [2.75, 3.05) is 11.1 Å². The molecule has 12 heteroatoms. The largest absolute Gasteiger partial charge is 0.416 e. The van der Waals surface area contributed by atoms with Gasteiger partial charge in [0.2, 0.25) is 5.91 Å². The van der Waals surface area contributed by atoms with Crippen LogP contribution in [0.5, 0.6) is 0 Å². The smallest absolute Gasteiger partial charge is 0.323 e. The summed E-state index contributed by atoms with van der Waals surface area (Å²) in [5, 5.41) is 13.5. The number of carbonyl (C=O) groups is 1. The molecule has 4 aromatic rings. The monoisotopic (exact) mass is 504 g/mol. The van der Waals surface area contributed by atoms with Crippen LogP contribution >= 0.6 is 11.8 Å². The highest BCUT2D eigenvalue weighted by atomic mass is 32.2. The van der Waals surface area contributed by atoms with E-state index < -0.39 is 28.4 Å². The SMILES string of the molecule is O=C(CSc1nc2cc(C(F)(F)F)ccc2n1Cc1ccccc1)Nc1cc([N+](=O)[O-])ccc1F. The number of aromatic nitrogens is 2. The van der Waals surface area contributed by atoms with Crippen molar-refractivity contribution in [2.24, 2.45) is 0 Å². The summed E-state index contributed by atoms with van der Waals surface area (Å²) in [7, 11) is 0. The molecule has 0 aliphatic carbocycles. The predicted octanol–water partition coefficient (Wildman–Crippen LogP) is 5.88. The van der Waals surface area contributed by atoms with Crippen molar-refractivity contribution in [1.82, 2.24) is 9.55 Å². The number of anilines is 1. The van der Waals surface area contributed by atoms with Gasteiger partial charge in [-0.1, -0.05) is 42.1 Å². The molecule has 0 fully saturated rings. The molecule has 1 amide bonds. The number of hydrogen-bond acceptors (Lipinski definition) is 5. The molecule has 0 unspecified atom stereocenters. The summed E-state index contributed by atoms with van der Waals surface area (Å²) >= 11 is 0.951. The number of thioether (sulfide) groups is 1. The number of non-ortho nitro benzene ring substituents is 1. The normalized spacial score (nSPS) is 11.5. The number of nitro benzene ring substituents is 1. The van der Waals surface area contributed by atoms with Crippen molar-refractivity contribution in [2.45, 2.75) is 17.9 Å². The van der Waals surface area contributed by atoms with E-state index in [1.54, 1.807) is 4.57 Å². The van der Waals surface area contributed by atoms with E-state index in [4.69, 9.17) is 0 Å². The molecule has 0 spiro atoms. The summed E-state index contributed by atoms with van der Waals surface area (Å²) in [4.78, 5) is 26.9. The molecule has 0 saturated carbocycles. The molecule has 4 rings (SSSR count). The van der Waals surface area contributed by atoms with E-state index >= 15 is 0 Å². The second kappa shape index (κ2) is 9.74. The maximum absolute atomic E-state index is 14.0. The van der Waals surface area contributed by atoms with Gasteiger partial charge in [-0.05, 0) is 29.8 Å². The van der Waals surface area contributed by atoms with Gasteiger partial charge in [0.15, 0.2) is 5.16 Å². The molecule has 1 heterocycles. The summed E-state index contributed by atoms with van der Waals surface area (Å²) in [5.74, 6) is -1.76. The molecular weight excluding hydrogens is 488 g/mol. The Balaban J connectivity index is 1.60. The first kappa shape index (κ1) is 24.2. The number of imidazole rings is 1. The van der Waals surface area contributed by atoms with E-state index in [1.807, 2.05) is 30.3 Å². The fraction of sp³-hybridized carbons (Fsp3) is 0.130. The lowest BCUT2D eigenvalue weighted by molar-refractivity contribution is -0.384. The van der Waals surface area contributed by atoms with E-state index in [1.165, 1.54) is 6.07 Å². The van der Waals surface area contributed by atoms with Crippen LogP contribution < -0.4 is 5.32 Å². The second-order valence-electron chi connectivity index (χ2n) is 7.43. The van der Waals surface area contributed by atoms with Crippen LogP contribution in [0.2, 0.25) is 0 Å². The number of amides is 1. The third-order valence-electron chi connectivity index (χ3n) is 4.99. The molecule has 1 aromatic heterocycles. The van der Waals surface area contributed by atoms with Crippen molar-refractivity contribution in [3.8, 4) is 0 Å². The highest BCUT2D eigenvalue weighted by Gasteiger charge is 2.31. The molecule has 0 saturated heterocycles. The number of rotatable bonds is 7. The van der Waals surface area contributed by atoms with Crippen LogP contribution in [0.3, 0.4) is 0 Å². The third-order valence-corrected chi connectivity index (χ3v) is 5.97. The van der Waals surface area contributed by atoms with Crippen molar-refractivity contribution < 1.29 is 27.3 Å². The summed E-state index contributed by atoms with van der Waals surface area (Å²) in [6, 6.07) is 15.2. The Morgan fingerprint density at radius 1 is 1.09 bits per heavy atom. The maximum atomic E-state index is 14.0. The first-order valence-electron chi connectivity index (χ1n) is 10.1. The van der Waals surface area contributed by atoms with Gasteiger partial charge in [0.1, 0.15) is 5.82 Å². The molecule has 0 atom stereocenters. The lowest BCUT2D eigenvalue weighted by atomic mass is 10.2. The van der Waals surface area contributed by atoms with Crippen LogP contribution in [-0.4, -0.2) is 26.1 Å². The van der Waals surface area contributed by atoms with Crippen LogP contribution in [0.15, 0.2) is 71.9 Å². The van der Waals surface area contributed by atoms with Gasteiger partial charge in [0.25, 0.3) is 5.69 Å². The Morgan fingerprint density at radius 3 is 2.51 bits per heavy atom. The topological polar surface area (TPSA) is 90.1 Å². The number of halogens is 4. The molecule has 0 radical (unpaired) electrons. The molecule has 1 N–H and O–H groups in total. The molecular formula is C23H16F4N4O3S.